The molecule has 0 aliphatic carbocycles. The van der Waals surface area contributed by atoms with Gasteiger partial charge >= 0.3 is 0 Å². The largest absolute Gasteiger partial charge is 0.329 e. The van der Waals surface area contributed by atoms with Gasteiger partial charge in [-0.2, -0.15) is 0 Å². The van der Waals surface area contributed by atoms with Crippen LogP contribution in [0.1, 0.15) is 26.2 Å². The van der Waals surface area contributed by atoms with Gasteiger partial charge < -0.3 is 4.90 Å². The maximum Gasteiger partial charge on any atom is 0.250 e. The fraction of sp³-hybridized carbons (Fsp3) is 0.467. The summed E-state index contributed by atoms with van der Waals surface area (Å²) in [4.78, 5) is 28.4. The van der Waals surface area contributed by atoms with Gasteiger partial charge in [0, 0.05) is 6.54 Å². The molecule has 2 heterocycles. The summed E-state index contributed by atoms with van der Waals surface area (Å²) < 4.78 is 13.2. The summed E-state index contributed by atoms with van der Waals surface area (Å²) in [5.74, 6) is -0.623. The summed E-state index contributed by atoms with van der Waals surface area (Å²) in [6.07, 6.45) is 2.02. The highest BCUT2D eigenvalue weighted by atomic mass is 35.5. The van der Waals surface area contributed by atoms with Crippen LogP contribution in [-0.4, -0.2) is 35.3 Å². The average molecular weight is 311 g/mol. The number of nitrogens with zero attached hydrogens (tertiary/aromatic N) is 2. The van der Waals surface area contributed by atoms with Crippen molar-refractivity contribution in [3.8, 4) is 0 Å². The molecule has 2 unspecified atom stereocenters. The molecule has 0 saturated carbocycles. The Morgan fingerprint density at radius 2 is 2.10 bits per heavy atom. The third-order valence-electron chi connectivity index (χ3n) is 4.21. The van der Waals surface area contributed by atoms with Gasteiger partial charge in [-0.1, -0.05) is 18.5 Å². The van der Waals surface area contributed by atoms with Crippen molar-refractivity contribution in [1.82, 2.24) is 4.90 Å². The first-order chi connectivity index (χ1) is 10.0. The average Bonchev–Trinajstić information content (AvgIpc) is 2.93. The van der Waals surface area contributed by atoms with Gasteiger partial charge in [0.2, 0.25) is 5.91 Å². The number of anilines is 1. The highest BCUT2D eigenvalue weighted by Crippen LogP contribution is 2.35. The Labute approximate surface area is 127 Å². The van der Waals surface area contributed by atoms with E-state index in [0.717, 1.165) is 6.42 Å². The standard InChI is InChI=1S/C15H16ClFN2O2/c1-2-11-14(20)18-7-3-4-13(18)15(21)19(11)12-6-5-9(17)8-10(12)16/h5-6,8,11,13H,2-4,7H2,1H3. The zero-order chi connectivity index (χ0) is 15.1. The third-order valence-corrected chi connectivity index (χ3v) is 4.51. The molecule has 1 aromatic carbocycles. The zero-order valence-electron chi connectivity index (χ0n) is 11.7. The molecule has 4 nitrogen and oxygen atoms in total. The molecule has 2 saturated heterocycles. The summed E-state index contributed by atoms with van der Waals surface area (Å²) in [7, 11) is 0. The predicted octanol–water partition coefficient (Wildman–Crippen LogP) is 2.60. The second-order valence-electron chi connectivity index (χ2n) is 5.42. The molecule has 0 spiro atoms. The fourth-order valence-corrected chi connectivity index (χ4v) is 3.48. The zero-order valence-corrected chi connectivity index (χ0v) is 12.4. The lowest BCUT2D eigenvalue weighted by atomic mass is 10.0. The normalized spacial score (nSPS) is 25.5. The van der Waals surface area contributed by atoms with E-state index in [1.54, 1.807) is 4.90 Å². The molecule has 2 fully saturated rings. The van der Waals surface area contributed by atoms with E-state index in [0.29, 0.717) is 25.1 Å². The van der Waals surface area contributed by atoms with Gasteiger partial charge in [-0.3, -0.25) is 14.5 Å². The number of halogens is 2. The Balaban J connectivity index is 2.05. The molecule has 21 heavy (non-hydrogen) atoms. The summed E-state index contributed by atoms with van der Waals surface area (Å²) in [5, 5.41) is 0.154. The first-order valence-electron chi connectivity index (χ1n) is 7.13. The van der Waals surface area contributed by atoms with E-state index in [2.05, 4.69) is 0 Å². The topological polar surface area (TPSA) is 40.6 Å². The second kappa shape index (κ2) is 5.30. The lowest BCUT2D eigenvalue weighted by Crippen LogP contribution is -2.63. The van der Waals surface area contributed by atoms with E-state index in [1.165, 1.54) is 23.1 Å². The first kappa shape index (κ1) is 14.3. The maximum absolute atomic E-state index is 13.2. The number of hydrogen-bond acceptors (Lipinski definition) is 2. The van der Waals surface area contributed by atoms with Crippen LogP contribution >= 0.6 is 11.6 Å². The van der Waals surface area contributed by atoms with Gasteiger partial charge in [-0.15, -0.1) is 0 Å². The monoisotopic (exact) mass is 310 g/mol. The van der Waals surface area contributed by atoms with Crippen LogP contribution in [0.15, 0.2) is 18.2 Å². The number of hydrogen-bond donors (Lipinski definition) is 0. The van der Waals surface area contributed by atoms with Crippen LogP contribution in [0.4, 0.5) is 10.1 Å². The minimum absolute atomic E-state index is 0.0417. The molecule has 2 aliphatic rings. The van der Waals surface area contributed by atoms with Crippen LogP contribution in [0, 0.1) is 5.82 Å². The highest BCUT2D eigenvalue weighted by Gasteiger charge is 2.47. The third kappa shape index (κ3) is 2.20. The number of rotatable bonds is 2. The lowest BCUT2D eigenvalue weighted by molar-refractivity contribution is -0.144. The van der Waals surface area contributed by atoms with Crippen molar-refractivity contribution in [2.45, 2.75) is 38.3 Å². The van der Waals surface area contributed by atoms with E-state index in [9.17, 15) is 14.0 Å². The molecule has 3 rings (SSSR count). The van der Waals surface area contributed by atoms with Crippen LogP contribution in [-0.2, 0) is 9.59 Å². The Morgan fingerprint density at radius 1 is 1.33 bits per heavy atom. The van der Waals surface area contributed by atoms with Crippen molar-refractivity contribution in [2.24, 2.45) is 0 Å². The number of carbonyl (C=O) groups is 2. The molecule has 0 radical (unpaired) electrons. The van der Waals surface area contributed by atoms with E-state index in [1.807, 2.05) is 6.92 Å². The highest BCUT2D eigenvalue weighted by molar-refractivity contribution is 6.34. The molecular weight excluding hydrogens is 295 g/mol. The molecule has 112 valence electrons. The number of benzene rings is 1. The van der Waals surface area contributed by atoms with Gasteiger partial charge in [0.25, 0.3) is 5.91 Å². The molecule has 2 atom stereocenters. The van der Waals surface area contributed by atoms with Crippen LogP contribution in [0.5, 0.6) is 0 Å². The van der Waals surface area contributed by atoms with Crippen LogP contribution in [0.3, 0.4) is 0 Å². The van der Waals surface area contributed by atoms with Gasteiger partial charge in [0.15, 0.2) is 0 Å². The number of carbonyl (C=O) groups excluding carboxylic acids is 2. The van der Waals surface area contributed by atoms with E-state index in [-0.39, 0.29) is 16.8 Å². The molecule has 0 N–H and O–H groups in total. The van der Waals surface area contributed by atoms with E-state index < -0.39 is 17.9 Å². The Morgan fingerprint density at radius 3 is 2.76 bits per heavy atom. The van der Waals surface area contributed by atoms with Crippen LogP contribution in [0.2, 0.25) is 5.02 Å². The number of amides is 2. The predicted molar refractivity (Wildman–Crippen MR) is 77.7 cm³/mol. The van der Waals surface area contributed by atoms with Crippen LogP contribution in [0.25, 0.3) is 0 Å². The van der Waals surface area contributed by atoms with Crippen molar-refractivity contribution in [1.29, 1.82) is 0 Å². The Bertz CT molecular complexity index is 607. The Hall–Kier alpha value is -1.62. The van der Waals surface area contributed by atoms with Crippen molar-refractivity contribution >= 4 is 29.1 Å². The molecule has 0 aromatic heterocycles. The minimum atomic E-state index is -0.560. The fourth-order valence-electron chi connectivity index (χ4n) is 3.22. The molecular formula is C15H16ClFN2O2. The van der Waals surface area contributed by atoms with Crippen molar-refractivity contribution in [3.05, 3.63) is 29.0 Å². The first-order valence-corrected chi connectivity index (χ1v) is 7.51. The van der Waals surface area contributed by atoms with Crippen molar-refractivity contribution < 1.29 is 14.0 Å². The van der Waals surface area contributed by atoms with Gasteiger partial charge in [-0.25, -0.2) is 4.39 Å². The van der Waals surface area contributed by atoms with Gasteiger partial charge in [0.1, 0.15) is 17.9 Å². The maximum atomic E-state index is 13.2. The van der Waals surface area contributed by atoms with Gasteiger partial charge in [-0.05, 0) is 37.5 Å². The number of fused-ring (bicyclic) bond motifs is 1. The van der Waals surface area contributed by atoms with E-state index >= 15 is 0 Å². The quantitative estimate of drug-likeness (QED) is 0.842. The van der Waals surface area contributed by atoms with Crippen molar-refractivity contribution in [2.75, 3.05) is 11.4 Å². The summed E-state index contributed by atoms with van der Waals surface area (Å²) in [6.45, 7) is 2.49. The second-order valence-corrected chi connectivity index (χ2v) is 5.82. The van der Waals surface area contributed by atoms with Crippen LogP contribution < -0.4 is 4.90 Å². The summed E-state index contributed by atoms with van der Waals surface area (Å²) in [6, 6.07) is 2.93. The molecule has 2 aliphatic heterocycles. The molecule has 2 amide bonds. The number of piperazine rings is 1. The lowest BCUT2D eigenvalue weighted by Gasteiger charge is -2.42. The van der Waals surface area contributed by atoms with Crippen molar-refractivity contribution in [3.63, 3.8) is 0 Å². The summed E-state index contributed by atoms with van der Waals surface area (Å²) in [5.41, 5.74) is 0.412. The Kier molecular flexibility index (Phi) is 3.61. The summed E-state index contributed by atoms with van der Waals surface area (Å²) >= 11 is 6.08. The molecule has 6 heteroatoms. The van der Waals surface area contributed by atoms with E-state index in [4.69, 9.17) is 11.6 Å². The minimum Gasteiger partial charge on any atom is -0.329 e. The molecule has 0 bridgehead atoms. The van der Waals surface area contributed by atoms with Gasteiger partial charge in [0.05, 0.1) is 10.7 Å². The smallest absolute Gasteiger partial charge is 0.250 e. The molecule has 1 aromatic rings. The SMILES string of the molecule is CCC1C(=O)N2CCCC2C(=O)N1c1ccc(F)cc1Cl.